The van der Waals surface area contributed by atoms with Crippen molar-refractivity contribution in [3.05, 3.63) is 22.7 Å². The Bertz CT molecular complexity index is 454. The fraction of sp³-hybridized carbons (Fsp3) is 0.250. The third kappa shape index (κ3) is 5.58. The largest absolute Gasteiger partial charge is 0.479 e. The summed E-state index contributed by atoms with van der Waals surface area (Å²) in [6.07, 6.45) is -3.18. The number of nitrogen functional groups attached to an aromatic ring is 1. The van der Waals surface area contributed by atoms with E-state index in [9.17, 15) is 14.4 Å². The van der Waals surface area contributed by atoms with E-state index in [0.717, 1.165) is 0 Å². The Morgan fingerprint density at radius 1 is 1.22 bits per heavy atom. The fourth-order valence-corrected chi connectivity index (χ4v) is 0.653. The SMILES string of the molecule is Nc1ccnc(=O)[nH]1.O=C(O)C(O)C(O)C(=O)O. The molecule has 0 saturated heterocycles. The zero-order valence-electron chi connectivity index (χ0n) is 8.85. The van der Waals surface area contributed by atoms with Crippen LogP contribution in [0.1, 0.15) is 0 Å². The summed E-state index contributed by atoms with van der Waals surface area (Å²) in [5.74, 6) is -3.20. The van der Waals surface area contributed by atoms with Gasteiger partial charge in [0.25, 0.3) is 0 Å². The van der Waals surface area contributed by atoms with Crippen LogP contribution in [-0.4, -0.2) is 54.5 Å². The van der Waals surface area contributed by atoms with Crippen LogP contribution in [0.2, 0.25) is 0 Å². The molecular weight excluding hydrogens is 250 g/mol. The van der Waals surface area contributed by atoms with Crippen molar-refractivity contribution in [2.24, 2.45) is 0 Å². The third-order valence-electron chi connectivity index (χ3n) is 1.50. The summed E-state index contributed by atoms with van der Waals surface area (Å²) in [5.41, 5.74) is 4.75. The first-order valence-electron chi connectivity index (χ1n) is 4.38. The standard InChI is InChI=1S/C4H5N3O.C4H6O6/c5-3-1-2-6-4(8)7-3;5-1(3(7)8)2(6)4(9)10/h1-2H,(H3,5,6,7,8);1-2,5-6H,(H,7,8)(H,9,10). The topological polar surface area (TPSA) is 187 Å². The third-order valence-corrected chi connectivity index (χ3v) is 1.50. The number of hydrogen-bond donors (Lipinski definition) is 6. The molecule has 0 spiro atoms. The Hall–Kier alpha value is -2.46. The lowest BCUT2D eigenvalue weighted by atomic mass is 10.2. The van der Waals surface area contributed by atoms with Gasteiger partial charge in [0, 0.05) is 6.20 Å². The van der Waals surface area contributed by atoms with E-state index in [4.69, 9.17) is 26.2 Å². The van der Waals surface area contributed by atoms with Crippen molar-refractivity contribution >= 4 is 17.8 Å². The minimum Gasteiger partial charge on any atom is -0.479 e. The lowest BCUT2D eigenvalue weighted by Crippen LogP contribution is -2.39. The van der Waals surface area contributed by atoms with Crippen LogP contribution in [0.5, 0.6) is 0 Å². The molecule has 7 N–H and O–H groups in total. The zero-order chi connectivity index (χ0) is 14.3. The summed E-state index contributed by atoms with van der Waals surface area (Å²) in [5, 5.41) is 32.5. The van der Waals surface area contributed by atoms with Crippen molar-refractivity contribution in [3.8, 4) is 0 Å². The molecule has 18 heavy (non-hydrogen) atoms. The highest BCUT2D eigenvalue weighted by Crippen LogP contribution is 1.92. The van der Waals surface area contributed by atoms with Crippen molar-refractivity contribution in [3.63, 3.8) is 0 Å². The molecule has 0 radical (unpaired) electrons. The van der Waals surface area contributed by atoms with Gasteiger partial charge in [-0.25, -0.2) is 19.4 Å². The summed E-state index contributed by atoms with van der Waals surface area (Å²) in [6.45, 7) is 0. The van der Waals surface area contributed by atoms with Gasteiger partial charge in [0.05, 0.1) is 0 Å². The number of anilines is 1. The van der Waals surface area contributed by atoms with Crippen LogP contribution in [0.15, 0.2) is 17.1 Å². The smallest absolute Gasteiger partial charge is 0.346 e. The minimum absolute atomic E-state index is 0.338. The second-order valence-corrected chi connectivity index (χ2v) is 2.90. The average molecular weight is 261 g/mol. The van der Waals surface area contributed by atoms with E-state index in [1.165, 1.54) is 12.3 Å². The van der Waals surface area contributed by atoms with Gasteiger partial charge in [-0.15, -0.1) is 0 Å². The maximum absolute atomic E-state index is 10.2. The van der Waals surface area contributed by atoms with Crippen LogP contribution in [-0.2, 0) is 9.59 Å². The summed E-state index contributed by atoms with van der Waals surface area (Å²) in [7, 11) is 0. The van der Waals surface area contributed by atoms with Crippen LogP contribution in [0, 0.1) is 0 Å². The zero-order valence-corrected chi connectivity index (χ0v) is 8.85. The number of carboxylic acids is 2. The Balaban J connectivity index is 0.000000327. The quantitative estimate of drug-likeness (QED) is 0.334. The molecule has 100 valence electrons. The highest BCUT2D eigenvalue weighted by Gasteiger charge is 2.29. The molecular formula is C8H11N3O7. The number of hydrogen-bond acceptors (Lipinski definition) is 7. The van der Waals surface area contributed by atoms with Crippen molar-refractivity contribution in [2.45, 2.75) is 12.2 Å². The lowest BCUT2D eigenvalue weighted by molar-refractivity contribution is -0.165. The van der Waals surface area contributed by atoms with E-state index >= 15 is 0 Å². The fourth-order valence-electron chi connectivity index (χ4n) is 0.653. The molecule has 10 nitrogen and oxygen atoms in total. The van der Waals surface area contributed by atoms with E-state index in [0.29, 0.717) is 5.82 Å². The van der Waals surface area contributed by atoms with Crippen molar-refractivity contribution in [2.75, 3.05) is 5.73 Å². The first-order chi connectivity index (χ1) is 8.25. The number of nitrogens with two attached hydrogens (primary N) is 1. The first kappa shape index (κ1) is 15.5. The number of aromatic nitrogens is 2. The summed E-state index contributed by atoms with van der Waals surface area (Å²) in [4.78, 5) is 35.4. The number of carbonyl (C=O) groups is 2. The number of aromatic amines is 1. The summed E-state index contributed by atoms with van der Waals surface area (Å²) < 4.78 is 0. The maximum Gasteiger partial charge on any atom is 0.346 e. The molecule has 1 rings (SSSR count). The molecule has 0 aliphatic rings. The predicted molar refractivity (Wildman–Crippen MR) is 56.6 cm³/mol. The molecule has 0 aliphatic heterocycles. The number of nitrogens with one attached hydrogen (secondary N) is 1. The summed E-state index contributed by atoms with van der Waals surface area (Å²) in [6, 6.07) is 1.52. The van der Waals surface area contributed by atoms with Gasteiger partial charge in [0.2, 0.25) is 0 Å². The van der Waals surface area contributed by atoms with Crippen LogP contribution < -0.4 is 11.4 Å². The van der Waals surface area contributed by atoms with Crippen molar-refractivity contribution in [1.29, 1.82) is 0 Å². The van der Waals surface area contributed by atoms with E-state index in [2.05, 4.69) is 9.97 Å². The molecule has 1 heterocycles. The van der Waals surface area contributed by atoms with Crippen molar-refractivity contribution in [1.82, 2.24) is 9.97 Å². The van der Waals surface area contributed by atoms with Gasteiger partial charge < -0.3 is 26.2 Å². The van der Waals surface area contributed by atoms with E-state index in [-0.39, 0.29) is 0 Å². The second kappa shape index (κ2) is 6.98. The van der Waals surface area contributed by atoms with E-state index < -0.39 is 29.8 Å². The molecule has 0 aromatic carbocycles. The Labute approximate surface area is 99.3 Å². The summed E-state index contributed by atoms with van der Waals surface area (Å²) >= 11 is 0. The second-order valence-electron chi connectivity index (χ2n) is 2.90. The first-order valence-corrected chi connectivity index (χ1v) is 4.38. The monoisotopic (exact) mass is 261 g/mol. The van der Waals surface area contributed by atoms with Crippen LogP contribution in [0.25, 0.3) is 0 Å². The van der Waals surface area contributed by atoms with E-state index in [1.54, 1.807) is 0 Å². The Kier molecular flexibility index (Phi) is 6.03. The number of aliphatic hydroxyl groups is 2. The van der Waals surface area contributed by atoms with Crippen LogP contribution in [0.3, 0.4) is 0 Å². The minimum atomic E-state index is -2.27. The van der Waals surface area contributed by atoms with Gasteiger partial charge in [-0.3, -0.25) is 4.98 Å². The Morgan fingerprint density at radius 3 is 1.89 bits per heavy atom. The number of aliphatic hydroxyl groups excluding tert-OH is 2. The molecule has 0 fully saturated rings. The molecule has 0 saturated carbocycles. The molecule has 2 atom stereocenters. The van der Waals surface area contributed by atoms with Crippen LogP contribution in [0.4, 0.5) is 5.82 Å². The lowest BCUT2D eigenvalue weighted by Gasteiger charge is -2.07. The van der Waals surface area contributed by atoms with Gasteiger partial charge in [0.1, 0.15) is 5.82 Å². The number of aliphatic carboxylic acids is 2. The molecule has 1 aromatic heterocycles. The normalized spacial score (nSPS) is 12.8. The predicted octanol–water partition coefficient (Wildman–Crippen LogP) is -2.77. The van der Waals surface area contributed by atoms with Crippen LogP contribution >= 0.6 is 0 Å². The van der Waals surface area contributed by atoms with Gasteiger partial charge in [-0.2, -0.15) is 0 Å². The average Bonchev–Trinajstić information content (AvgIpc) is 2.27. The van der Waals surface area contributed by atoms with Gasteiger partial charge in [0.15, 0.2) is 12.2 Å². The molecule has 10 heteroatoms. The highest BCUT2D eigenvalue weighted by atomic mass is 16.4. The molecule has 0 amide bonds. The number of rotatable bonds is 3. The molecule has 0 aliphatic carbocycles. The number of carboxylic acid groups (broad SMARTS) is 2. The maximum atomic E-state index is 10.2. The number of H-pyrrole nitrogens is 1. The van der Waals surface area contributed by atoms with Crippen molar-refractivity contribution < 1.29 is 30.0 Å². The van der Waals surface area contributed by atoms with Gasteiger partial charge in [-0.05, 0) is 6.07 Å². The number of nitrogens with zero attached hydrogens (tertiary/aromatic N) is 1. The molecule has 0 bridgehead atoms. The Morgan fingerprint density at radius 2 is 1.67 bits per heavy atom. The molecule has 1 aromatic rings. The van der Waals surface area contributed by atoms with E-state index in [1.807, 2.05) is 0 Å². The van der Waals surface area contributed by atoms with Gasteiger partial charge in [-0.1, -0.05) is 0 Å². The molecule has 2 unspecified atom stereocenters. The van der Waals surface area contributed by atoms with Gasteiger partial charge >= 0.3 is 17.6 Å². The highest BCUT2D eigenvalue weighted by molar-refractivity contribution is 5.83.